The fourth-order valence-corrected chi connectivity index (χ4v) is 3.64. The third kappa shape index (κ3) is 4.71. The van der Waals surface area contributed by atoms with Crippen LogP contribution in [0.2, 0.25) is 0 Å². The predicted octanol–water partition coefficient (Wildman–Crippen LogP) is 3.88. The Morgan fingerprint density at radius 1 is 1.30 bits per heavy atom. The molecule has 1 unspecified atom stereocenters. The van der Waals surface area contributed by atoms with E-state index in [0.29, 0.717) is 32.3 Å². The Morgan fingerprint density at radius 3 is 2.60 bits per heavy atom. The second kappa shape index (κ2) is 9.01. The third-order valence-electron chi connectivity index (χ3n) is 4.82. The molecule has 1 rings (SSSR count). The monoisotopic (exact) mass is 284 g/mol. The number of ether oxygens (including phenoxy) is 3. The normalized spacial score (nSPS) is 28.8. The zero-order chi connectivity index (χ0) is 15.0. The van der Waals surface area contributed by atoms with Crippen molar-refractivity contribution >= 4 is 0 Å². The van der Waals surface area contributed by atoms with Gasteiger partial charge < -0.3 is 14.2 Å². The van der Waals surface area contributed by atoms with Gasteiger partial charge in [0.2, 0.25) is 0 Å². The van der Waals surface area contributed by atoms with Gasteiger partial charge in [0.15, 0.2) is 0 Å². The highest BCUT2D eigenvalue weighted by Gasteiger charge is 2.44. The van der Waals surface area contributed by atoms with E-state index in [9.17, 15) is 0 Å². The summed E-state index contributed by atoms with van der Waals surface area (Å²) in [5.74, 6) is 1.35. The van der Waals surface area contributed by atoms with Crippen LogP contribution >= 0.6 is 0 Å². The summed E-state index contributed by atoms with van der Waals surface area (Å²) in [5.41, 5.74) is 0.216. The Hall–Kier alpha value is -0.120. The molecule has 20 heavy (non-hydrogen) atoms. The SMILES string of the molecule is [CH2]COC[C@H](OCCO[CH2])C1(C(C)C)CCC[C@@H](C)C1. The standard InChI is InChI=1S/C17H32O3/c1-6-19-13-16(20-11-10-18-5)17(14(2)3)9-7-8-15(4)12-17/h14-16H,1,5-13H2,2-4H3/t15-,16+,17?/m1/s1. The molecule has 0 bridgehead atoms. The van der Waals surface area contributed by atoms with E-state index < -0.39 is 0 Å². The van der Waals surface area contributed by atoms with Gasteiger partial charge in [-0.25, -0.2) is 0 Å². The Bertz CT molecular complexity index is 255. The molecule has 3 atom stereocenters. The van der Waals surface area contributed by atoms with Crippen molar-refractivity contribution in [3.8, 4) is 0 Å². The molecular weight excluding hydrogens is 252 g/mol. The maximum absolute atomic E-state index is 6.12. The lowest BCUT2D eigenvalue weighted by atomic mass is 9.61. The molecule has 0 aromatic heterocycles. The molecule has 3 heteroatoms. The van der Waals surface area contributed by atoms with E-state index in [4.69, 9.17) is 14.2 Å². The minimum Gasteiger partial charge on any atom is -0.379 e. The van der Waals surface area contributed by atoms with Crippen molar-refractivity contribution in [3.63, 3.8) is 0 Å². The van der Waals surface area contributed by atoms with Gasteiger partial charge in [-0.1, -0.05) is 33.6 Å². The summed E-state index contributed by atoms with van der Waals surface area (Å²) in [7, 11) is 3.40. The van der Waals surface area contributed by atoms with Gasteiger partial charge in [-0.3, -0.25) is 0 Å². The van der Waals surface area contributed by atoms with Gasteiger partial charge in [0.25, 0.3) is 0 Å². The molecule has 0 aromatic carbocycles. The van der Waals surface area contributed by atoms with Crippen molar-refractivity contribution in [2.45, 2.75) is 52.6 Å². The largest absolute Gasteiger partial charge is 0.379 e. The second-order valence-electron chi connectivity index (χ2n) is 6.43. The van der Waals surface area contributed by atoms with Gasteiger partial charge in [0, 0.05) is 12.0 Å². The van der Waals surface area contributed by atoms with Gasteiger partial charge in [0.1, 0.15) is 0 Å². The van der Waals surface area contributed by atoms with Crippen LogP contribution in [0.5, 0.6) is 0 Å². The quantitative estimate of drug-likeness (QED) is 0.601. The molecule has 0 N–H and O–H groups in total. The van der Waals surface area contributed by atoms with Crippen LogP contribution in [0.1, 0.15) is 46.5 Å². The van der Waals surface area contributed by atoms with Crippen molar-refractivity contribution in [3.05, 3.63) is 14.0 Å². The summed E-state index contributed by atoms with van der Waals surface area (Å²) in [5, 5.41) is 0. The maximum atomic E-state index is 6.12. The van der Waals surface area contributed by atoms with E-state index in [1.165, 1.54) is 25.7 Å². The van der Waals surface area contributed by atoms with Crippen molar-refractivity contribution in [1.29, 1.82) is 0 Å². The first-order chi connectivity index (χ1) is 9.56. The first-order valence-corrected chi connectivity index (χ1v) is 7.92. The summed E-state index contributed by atoms with van der Waals surface area (Å²) in [4.78, 5) is 0. The van der Waals surface area contributed by atoms with Gasteiger partial charge in [-0.15, -0.1) is 0 Å². The summed E-state index contributed by atoms with van der Waals surface area (Å²) in [6.07, 6.45) is 5.20. The van der Waals surface area contributed by atoms with Crippen LogP contribution < -0.4 is 0 Å². The molecule has 0 saturated heterocycles. The summed E-state index contributed by atoms with van der Waals surface area (Å²) >= 11 is 0. The molecule has 0 aliphatic heterocycles. The summed E-state index contributed by atoms with van der Waals surface area (Å²) < 4.78 is 16.6. The molecular formula is C17H32O3. The van der Waals surface area contributed by atoms with E-state index in [1.807, 2.05) is 0 Å². The van der Waals surface area contributed by atoms with E-state index in [2.05, 4.69) is 34.8 Å². The lowest BCUT2D eigenvalue weighted by Crippen LogP contribution is -2.47. The van der Waals surface area contributed by atoms with Gasteiger partial charge >= 0.3 is 0 Å². The lowest BCUT2D eigenvalue weighted by Gasteiger charge is -2.48. The molecule has 3 nitrogen and oxygen atoms in total. The van der Waals surface area contributed by atoms with Crippen LogP contribution in [0.25, 0.3) is 0 Å². The fraction of sp³-hybridized carbons (Fsp3) is 0.882. The van der Waals surface area contributed by atoms with Gasteiger partial charge in [0.05, 0.1) is 33.0 Å². The van der Waals surface area contributed by atoms with Crippen LogP contribution in [0, 0.1) is 31.3 Å². The van der Waals surface area contributed by atoms with Crippen molar-refractivity contribution in [2.24, 2.45) is 17.3 Å². The van der Waals surface area contributed by atoms with E-state index in [0.717, 1.165) is 5.92 Å². The van der Waals surface area contributed by atoms with Gasteiger partial charge in [-0.2, -0.15) is 0 Å². The highest BCUT2D eigenvalue weighted by atomic mass is 16.5. The van der Waals surface area contributed by atoms with E-state index in [-0.39, 0.29) is 11.5 Å². The zero-order valence-corrected chi connectivity index (χ0v) is 13.5. The van der Waals surface area contributed by atoms with E-state index in [1.54, 1.807) is 0 Å². The predicted molar refractivity (Wildman–Crippen MR) is 82.1 cm³/mol. The smallest absolute Gasteiger partial charge is 0.0868 e. The van der Waals surface area contributed by atoms with Crippen molar-refractivity contribution < 1.29 is 14.2 Å². The first-order valence-electron chi connectivity index (χ1n) is 7.92. The molecule has 0 aromatic rings. The van der Waals surface area contributed by atoms with Crippen LogP contribution in [0.4, 0.5) is 0 Å². The molecule has 0 heterocycles. The van der Waals surface area contributed by atoms with Crippen LogP contribution in [0.3, 0.4) is 0 Å². The highest BCUT2D eigenvalue weighted by molar-refractivity contribution is 4.94. The number of rotatable bonds is 9. The molecule has 1 aliphatic carbocycles. The minimum atomic E-state index is 0.127. The molecule has 1 aliphatic rings. The second-order valence-corrected chi connectivity index (χ2v) is 6.43. The number of hydrogen-bond donors (Lipinski definition) is 0. The molecule has 0 spiro atoms. The average Bonchev–Trinajstić information content (AvgIpc) is 2.42. The van der Waals surface area contributed by atoms with Gasteiger partial charge in [-0.05, 0) is 31.6 Å². The van der Waals surface area contributed by atoms with Crippen molar-refractivity contribution in [2.75, 3.05) is 26.4 Å². The van der Waals surface area contributed by atoms with Crippen LogP contribution in [-0.2, 0) is 14.2 Å². The summed E-state index contributed by atoms with van der Waals surface area (Å²) in [6, 6.07) is 0. The minimum absolute atomic E-state index is 0.127. The third-order valence-corrected chi connectivity index (χ3v) is 4.82. The lowest BCUT2D eigenvalue weighted by molar-refractivity contribution is -0.128. The van der Waals surface area contributed by atoms with E-state index >= 15 is 0 Å². The first kappa shape index (κ1) is 17.9. The highest BCUT2D eigenvalue weighted by Crippen LogP contribution is 2.48. The maximum Gasteiger partial charge on any atom is 0.0868 e. The molecule has 1 fully saturated rings. The molecule has 118 valence electrons. The fourth-order valence-electron chi connectivity index (χ4n) is 3.64. The topological polar surface area (TPSA) is 27.7 Å². The Morgan fingerprint density at radius 2 is 2.05 bits per heavy atom. The Balaban J connectivity index is 2.79. The molecule has 0 amide bonds. The molecule has 2 radical (unpaired) electrons. The van der Waals surface area contributed by atoms with Crippen molar-refractivity contribution in [1.82, 2.24) is 0 Å². The number of hydrogen-bond acceptors (Lipinski definition) is 3. The Kier molecular flexibility index (Phi) is 8.08. The average molecular weight is 284 g/mol. The summed E-state index contributed by atoms with van der Waals surface area (Å²) in [6.45, 7) is 13.0. The Labute approximate surface area is 125 Å². The molecule has 1 saturated carbocycles. The van der Waals surface area contributed by atoms with Crippen LogP contribution in [0.15, 0.2) is 0 Å². The zero-order valence-electron chi connectivity index (χ0n) is 13.5. The van der Waals surface area contributed by atoms with Crippen LogP contribution in [-0.4, -0.2) is 32.5 Å².